The van der Waals surface area contributed by atoms with Crippen LogP contribution >= 0.6 is 11.8 Å². The largest absolute Gasteiger partial charge is 0.272 e. The van der Waals surface area contributed by atoms with Gasteiger partial charge in [0, 0.05) is 35.4 Å². The van der Waals surface area contributed by atoms with Gasteiger partial charge in [0.25, 0.3) is 11.4 Å². The minimum Gasteiger partial charge on any atom is -0.272 e. The van der Waals surface area contributed by atoms with Crippen LogP contribution in [0.4, 0.5) is 11.4 Å². The normalized spacial score (nSPS) is 10.8. The molecule has 0 spiro atoms. The number of rotatable bonds is 10. The Bertz CT molecular complexity index is 960. The molecule has 2 aromatic carbocycles. The second kappa shape index (κ2) is 11.8. The van der Waals surface area contributed by atoms with Crippen LogP contribution in [0.15, 0.2) is 58.7 Å². The summed E-state index contributed by atoms with van der Waals surface area (Å²) in [6, 6.07) is 11.5. The molecule has 0 unspecified atom stereocenters. The number of carbonyl (C=O) groups excluding carboxylic acids is 2. The minimum absolute atomic E-state index is 0.0473. The summed E-state index contributed by atoms with van der Waals surface area (Å²) in [6.45, 7) is 0. The first-order valence-electron chi connectivity index (χ1n) is 8.55. The number of thioether (sulfide) groups is 1. The summed E-state index contributed by atoms with van der Waals surface area (Å²) in [7, 11) is 0. The van der Waals surface area contributed by atoms with Gasteiger partial charge in [0.2, 0.25) is 11.8 Å². The predicted octanol–water partition coefficient (Wildman–Crippen LogP) is 1.84. The Morgan fingerprint density at radius 1 is 0.839 bits per heavy atom. The Kier molecular flexibility index (Phi) is 8.79. The summed E-state index contributed by atoms with van der Waals surface area (Å²) in [4.78, 5) is 43.8. The fraction of sp³-hybridized carbons (Fsp3) is 0.111. The van der Waals surface area contributed by atoms with E-state index in [4.69, 9.17) is 0 Å². The molecule has 0 aliphatic rings. The lowest BCUT2D eigenvalue weighted by Gasteiger charge is -2.01. The summed E-state index contributed by atoms with van der Waals surface area (Å²) in [5.41, 5.74) is 5.22. The number of benzene rings is 2. The molecule has 13 heteroatoms. The van der Waals surface area contributed by atoms with Crippen molar-refractivity contribution in [1.29, 1.82) is 0 Å². The van der Waals surface area contributed by atoms with Gasteiger partial charge in [-0.1, -0.05) is 24.3 Å². The van der Waals surface area contributed by atoms with Crippen molar-refractivity contribution in [2.24, 2.45) is 10.2 Å². The molecular weight excluding hydrogens is 428 g/mol. The molecule has 31 heavy (non-hydrogen) atoms. The zero-order chi connectivity index (χ0) is 22.6. The van der Waals surface area contributed by atoms with Crippen molar-refractivity contribution in [2.75, 3.05) is 11.5 Å². The van der Waals surface area contributed by atoms with E-state index in [9.17, 15) is 29.8 Å². The number of non-ortho nitro benzene ring substituents is 2. The Labute approximate surface area is 179 Å². The van der Waals surface area contributed by atoms with Gasteiger partial charge in [-0.3, -0.25) is 29.8 Å². The predicted molar refractivity (Wildman–Crippen MR) is 115 cm³/mol. The summed E-state index contributed by atoms with van der Waals surface area (Å²) in [5.74, 6) is -1.01. The second-order valence-corrected chi connectivity index (χ2v) is 6.77. The summed E-state index contributed by atoms with van der Waals surface area (Å²) < 4.78 is 0. The zero-order valence-corrected chi connectivity index (χ0v) is 16.7. The van der Waals surface area contributed by atoms with Crippen LogP contribution in [-0.2, 0) is 9.59 Å². The molecule has 2 aromatic rings. The molecule has 0 heterocycles. The summed E-state index contributed by atoms with van der Waals surface area (Å²) in [6.07, 6.45) is 2.54. The van der Waals surface area contributed by atoms with Gasteiger partial charge in [-0.25, -0.2) is 10.9 Å². The van der Waals surface area contributed by atoms with Crippen LogP contribution in [0.3, 0.4) is 0 Å². The van der Waals surface area contributed by atoms with Gasteiger partial charge in [0.15, 0.2) is 0 Å². The van der Waals surface area contributed by atoms with Crippen LogP contribution < -0.4 is 10.9 Å². The number of hydrogen-bond donors (Lipinski definition) is 2. The van der Waals surface area contributed by atoms with Crippen molar-refractivity contribution in [2.45, 2.75) is 0 Å². The van der Waals surface area contributed by atoms with Crippen LogP contribution in [0.1, 0.15) is 11.1 Å². The summed E-state index contributed by atoms with van der Waals surface area (Å²) in [5, 5.41) is 28.8. The lowest BCUT2D eigenvalue weighted by molar-refractivity contribution is -0.385. The minimum atomic E-state index is -0.536. The van der Waals surface area contributed by atoms with E-state index in [0.717, 1.165) is 11.8 Å². The van der Waals surface area contributed by atoms with Crippen LogP contribution in [0.2, 0.25) is 0 Å². The molecule has 0 aliphatic heterocycles. The van der Waals surface area contributed by atoms with Crippen LogP contribution in [0, 0.1) is 20.2 Å². The molecule has 0 saturated heterocycles. The van der Waals surface area contributed by atoms with E-state index in [2.05, 4.69) is 21.1 Å². The van der Waals surface area contributed by atoms with Gasteiger partial charge < -0.3 is 0 Å². The highest BCUT2D eigenvalue weighted by Gasteiger charge is 2.06. The Morgan fingerprint density at radius 3 is 1.65 bits per heavy atom. The third kappa shape index (κ3) is 8.41. The number of amides is 2. The van der Waals surface area contributed by atoms with Crippen molar-refractivity contribution in [3.05, 3.63) is 79.9 Å². The maximum absolute atomic E-state index is 11.7. The van der Waals surface area contributed by atoms with Gasteiger partial charge in [0.1, 0.15) is 0 Å². The van der Waals surface area contributed by atoms with Crippen LogP contribution in [-0.4, -0.2) is 45.6 Å². The maximum atomic E-state index is 11.7. The van der Waals surface area contributed by atoms with Crippen molar-refractivity contribution >= 4 is 47.4 Å². The quantitative estimate of drug-likeness (QED) is 0.320. The lowest BCUT2D eigenvalue weighted by atomic mass is 10.2. The molecule has 2 amide bonds. The van der Waals surface area contributed by atoms with E-state index >= 15 is 0 Å². The maximum Gasteiger partial charge on any atom is 0.270 e. The van der Waals surface area contributed by atoms with Crippen molar-refractivity contribution in [3.8, 4) is 0 Å². The fourth-order valence-electron chi connectivity index (χ4n) is 2.10. The van der Waals surface area contributed by atoms with E-state index in [0.29, 0.717) is 11.1 Å². The van der Waals surface area contributed by atoms with Gasteiger partial charge in [-0.05, 0) is 0 Å². The smallest absolute Gasteiger partial charge is 0.270 e. The number of hydrazone groups is 2. The lowest BCUT2D eigenvalue weighted by Crippen LogP contribution is -2.23. The number of nitro groups is 2. The topological polar surface area (TPSA) is 169 Å². The molecule has 2 N–H and O–H groups in total. The number of hydrogen-bond acceptors (Lipinski definition) is 9. The third-order valence-electron chi connectivity index (χ3n) is 3.43. The number of carbonyl (C=O) groups is 2. The van der Waals surface area contributed by atoms with Crippen LogP contribution in [0.25, 0.3) is 0 Å². The second-order valence-electron chi connectivity index (χ2n) is 5.78. The zero-order valence-electron chi connectivity index (χ0n) is 15.8. The molecule has 2 rings (SSSR count). The fourth-order valence-corrected chi connectivity index (χ4v) is 2.70. The Hall–Kier alpha value is -4.13. The van der Waals surface area contributed by atoms with Crippen LogP contribution in [0.5, 0.6) is 0 Å². The van der Waals surface area contributed by atoms with E-state index in [1.165, 1.54) is 48.8 Å². The highest BCUT2D eigenvalue weighted by atomic mass is 32.2. The first-order valence-corrected chi connectivity index (χ1v) is 9.71. The first kappa shape index (κ1) is 23.2. The van der Waals surface area contributed by atoms with E-state index in [1.54, 1.807) is 12.1 Å². The standard InChI is InChI=1S/C18H16N6O6S/c25-17(21-19-9-13-3-1-5-15(7-13)23(27)28)11-31-12-18(26)22-20-10-14-4-2-6-16(8-14)24(29)30/h1-10H,11-12H2,(H,21,25)(H,22,26)/b19-9-,20-10-. The van der Waals surface area contributed by atoms with Crippen molar-refractivity contribution in [3.63, 3.8) is 0 Å². The van der Waals surface area contributed by atoms with Gasteiger partial charge >= 0.3 is 0 Å². The molecule has 160 valence electrons. The average Bonchev–Trinajstić information content (AvgIpc) is 2.74. The number of nitrogens with one attached hydrogen (secondary N) is 2. The molecule has 0 fully saturated rings. The van der Waals surface area contributed by atoms with Gasteiger partial charge in [0.05, 0.1) is 33.8 Å². The molecule has 0 bridgehead atoms. The average molecular weight is 444 g/mol. The Morgan fingerprint density at radius 2 is 1.26 bits per heavy atom. The van der Waals surface area contributed by atoms with Gasteiger partial charge in [-0.15, -0.1) is 11.8 Å². The molecule has 12 nitrogen and oxygen atoms in total. The SMILES string of the molecule is O=C(CSCC(=O)N/N=C\c1cccc([N+](=O)[O-])c1)N/N=C\c1cccc([N+](=O)[O-])c1. The van der Waals surface area contributed by atoms with Gasteiger partial charge in [-0.2, -0.15) is 10.2 Å². The van der Waals surface area contributed by atoms with Crippen molar-refractivity contribution < 1.29 is 19.4 Å². The molecule has 0 radical (unpaired) electrons. The molecule has 0 aliphatic carbocycles. The molecule has 0 aromatic heterocycles. The van der Waals surface area contributed by atoms with E-state index in [1.807, 2.05) is 0 Å². The van der Waals surface area contributed by atoms with E-state index in [-0.39, 0.29) is 22.9 Å². The highest BCUT2D eigenvalue weighted by Crippen LogP contribution is 2.12. The number of nitrogens with zero attached hydrogens (tertiary/aromatic N) is 4. The molecular formula is C18H16N6O6S. The third-order valence-corrected chi connectivity index (χ3v) is 4.37. The Balaban J connectivity index is 1.69. The monoisotopic (exact) mass is 444 g/mol. The summed E-state index contributed by atoms with van der Waals surface area (Å²) >= 11 is 1.02. The molecule has 0 saturated carbocycles. The van der Waals surface area contributed by atoms with Crippen molar-refractivity contribution in [1.82, 2.24) is 10.9 Å². The highest BCUT2D eigenvalue weighted by molar-refractivity contribution is 8.00. The number of nitro benzene ring substituents is 2. The molecule has 0 atom stereocenters. The first-order chi connectivity index (χ1) is 14.8. The van der Waals surface area contributed by atoms with E-state index < -0.39 is 21.7 Å².